The minimum Gasteiger partial charge on any atom is -0.462 e. The number of benzene rings is 2. The first-order valence-electron chi connectivity index (χ1n) is 9.21. The third-order valence-electron chi connectivity index (χ3n) is 4.33. The summed E-state index contributed by atoms with van der Waals surface area (Å²) in [5.41, 5.74) is 4.03. The van der Waals surface area contributed by atoms with Crippen molar-refractivity contribution in [2.45, 2.75) is 20.8 Å². The van der Waals surface area contributed by atoms with E-state index in [9.17, 15) is 9.59 Å². The molecule has 29 heavy (non-hydrogen) atoms. The molecule has 0 fully saturated rings. The Morgan fingerprint density at radius 1 is 1.00 bits per heavy atom. The van der Waals surface area contributed by atoms with Gasteiger partial charge in [0.15, 0.2) is 0 Å². The normalized spacial score (nSPS) is 10.3. The zero-order chi connectivity index (χ0) is 20.8. The molecule has 0 saturated carbocycles. The largest absolute Gasteiger partial charge is 0.462 e. The van der Waals surface area contributed by atoms with Crippen molar-refractivity contribution in [3.05, 3.63) is 77.2 Å². The molecule has 0 saturated heterocycles. The Kier molecular flexibility index (Phi) is 6.19. The lowest BCUT2D eigenvalue weighted by molar-refractivity contribution is 0.0527. The van der Waals surface area contributed by atoms with Crippen molar-refractivity contribution in [3.63, 3.8) is 0 Å². The highest BCUT2D eigenvalue weighted by atomic mass is 16.5. The maximum Gasteiger partial charge on any atom is 0.340 e. The first kappa shape index (κ1) is 20.0. The SMILES string of the molecule is CCOC(=O)c1ccccc1NC(=O)c1cnc(Nc2ccc(C)c(C)c2)cn1. The molecule has 3 rings (SSSR count). The van der Waals surface area contributed by atoms with Gasteiger partial charge in [-0.1, -0.05) is 18.2 Å². The van der Waals surface area contributed by atoms with Crippen LogP contribution in [0.1, 0.15) is 38.9 Å². The molecule has 0 aliphatic heterocycles. The van der Waals surface area contributed by atoms with E-state index in [0.29, 0.717) is 11.5 Å². The highest BCUT2D eigenvalue weighted by Crippen LogP contribution is 2.19. The molecule has 0 radical (unpaired) electrons. The number of anilines is 3. The number of nitrogens with one attached hydrogen (secondary N) is 2. The standard InChI is InChI=1S/C22H22N4O3/c1-4-29-22(28)17-7-5-6-8-18(17)26-21(27)19-12-24-20(13-23-19)25-16-10-9-14(2)15(3)11-16/h5-13H,4H2,1-3H3,(H,24,25)(H,26,27). The molecule has 0 aliphatic rings. The van der Waals surface area contributed by atoms with Gasteiger partial charge >= 0.3 is 5.97 Å². The van der Waals surface area contributed by atoms with Crippen molar-refractivity contribution in [1.29, 1.82) is 0 Å². The predicted octanol–water partition coefficient (Wildman–Crippen LogP) is 4.27. The van der Waals surface area contributed by atoms with Crippen molar-refractivity contribution in [2.24, 2.45) is 0 Å². The van der Waals surface area contributed by atoms with Gasteiger partial charge in [0.25, 0.3) is 5.91 Å². The van der Waals surface area contributed by atoms with Gasteiger partial charge in [-0.2, -0.15) is 0 Å². The molecular weight excluding hydrogens is 368 g/mol. The summed E-state index contributed by atoms with van der Waals surface area (Å²) < 4.78 is 5.02. The molecule has 2 N–H and O–H groups in total. The molecule has 0 spiro atoms. The van der Waals surface area contributed by atoms with Crippen LogP contribution in [0.4, 0.5) is 17.2 Å². The van der Waals surface area contributed by atoms with Crippen LogP contribution in [0.3, 0.4) is 0 Å². The van der Waals surface area contributed by atoms with Gasteiger partial charge in [-0.05, 0) is 56.2 Å². The van der Waals surface area contributed by atoms with E-state index >= 15 is 0 Å². The van der Waals surface area contributed by atoms with E-state index in [4.69, 9.17) is 4.74 Å². The van der Waals surface area contributed by atoms with Gasteiger partial charge in [-0.3, -0.25) is 4.79 Å². The number of amides is 1. The van der Waals surface area contributed by atoms with Gasteiger partial charge in [-0.25, -0.2) is 14.8 Å². The van der Waals surface area contributed by atoms with Crippen molar-refractivity contribution in [3.8, 4) is 0 Å². The van der Waals surface area contributed by atoms with E-state index in [1.54, 1.807) is 31.2 Å². The van der Waals surface area contributed by atoms with Gasteiger partial charge in [0.2, 0.25) is 0 Å². The molecule has 0 aliphatic carbocycles. The first-order chi connectivity index (χ1) is 14.0. The quantitative estimate of drug-likeness (QED) is 0.611. The summed E-state index contributed by atoms with van der Waals surface area (Å²) in [4.78, 5) is 33.0. The smallest absolute Gasteiger partial charge is 0.340 e. The second kappa shape index (κ2) is 8.97. The van der Waals surface area contributed by atoms with Crippen molar-refractivity contribution >= 4 is 29.1 Å². The van der Waals surface area contributed by atoms with E-state index < -0.39 is 11.9 Å². The first-order valence-corrected chi connectivity index (χ1v) is 9.21. The van der Waals surface area contributed by atoms with Gasteiger partial charge < -0.3 is 15.4 Å². The fraction of sp³-hybridized carbons (Fsp3) is 0.182. The summed E-state index contributed by atoms with van der Waals surface area (Å²) in [5, 5.41) is 5.85. The molecule has 0 unspecified atom stereocenters. The van der Waals surface area contributed by atoms with Gasteiger partial charge in [0, 0.05) is 5.69 Å². The zero-order valence-corrected chi connectivity index (χ0v) is 16.5. The number of hydrogen-bond donors (Lipinski definition) is 2. The van der Waals surface area contributed by atoms with E-state index in [0.717, 1.165) is 5.69 Å². The molecule has 2 aromatic carbocycles. The molecule has 1 heterocycles. The third kappa shape index (κ3) is 4.95. The van der Waals surface area contributed by atoms with Gasteiger partial charge in [-0.15, -0.1) is 0 Å². The topological polar surface area (TPSA) is 93.2 Å². The van der Waals surface area contributed by atoms with Crippen LogP contribution in [-0.2, 0) is 4.74 Å². The highest BCUT2D eigenvalue weighted by molar-refractivity contribution is 6.07. The number of nitrogens with zero attached hydrogens (tertiary/aromatic N) is 2. The average Bonchev–Trinajstić information content (AvgIpc) is 2.72. The number of aryl methyl sites for hydroxylation is 2. The van der Waals surface area contributed by atoms with E-state index in [2.05, 4.69) is 20.6 Å². The second-order valence-electron chi connectivity index (χ2n) is 6.43. The van der Waals surface area contributed by atoms with Crippen LogP contribution < -0.4 is 10.6 Å². The number of carbonyl (C=O) groups excluding carboxylic acids is 2. The lowest BCUT2D eigenvalue weighted by Gasteiger charge is -2.10. The molecule has 148 valence electrons. The lowest BCUT2D eigenvalue weighted by Crippen LogP contribution is -2.17. The van der Waals surface area contributed by atoms with Crippen molar-refractivity contribution in [2.75, 3.05) is 17.2 Å². The monoisotopic (exact) mass is 390 g/mol. The van der Waals surface area contributed by atoms with Crippen LogP contribution in [0.25, 0.3) is 0 Å². The molecule has 7 nitrogen and oxygen atoms in total. The maximum absolute atomic E-state index is 12.5. The van der Waals surface area contributed by atoms with Crippen LogP contribution in [-0.4, -0.2) is 28.5 Å². The lowest BCUT2D eigenvalue weighted by atomic mass is 10.1. The third-order valence-corrected chi connectivity index (χ3v) is 4.33. The Hall–Kier alpha value is -3.74. The molecule has 1 amide bonds. The fourth-order valence-corrected chi connectivity index (χ4v) is 2.64. The van der Waals surface area contributed by atoms with Crippen molar-refractivity contribution in [1.82, 2.24) is 9.97 Å². The van der Waals surface area contributed by atoms with Crippen LogP contribution in [0.2, 0.25) is 0 Å². The maximum atomic E-state index is 12.5. The number of para-hydroxylation sites is 1. The number of aromatic nitrogens is 2. The molecule has 1 aromatic heterocycles. The molecule has 0 bridgehead atoms. The van der Waals surface area contributed by atoms with Gasteiger partial charge in [0.1, 0.15) is 11.5 Å². The second-order valence-corrected chi connectivity index (χ2v) is 6.43. The van der Waals surface area contributed by atoms with Crippen LogP contribution >= 0.6 is 0 Å². The summed E-state index contributed by atoms with van der Waals surface area (Å²) >= 11 is 0. The summed E-state index contributed by atoms with van der Waals surface area (Å²) in [5.74, 6) is -0.439. The number of hydrogen-bond acceptors (Lipinski definition) is 6. The van der Waals surface area contributed by atoms with Crippen LogP contribution in [0.5, 0.6) is 0 Å². The Balaban J connectivity index is 1.71. The minimum absolute atomic E-state index is 0.134. The number of ether oxygens (including phenoxy) is 1. The Morgan fingerprint density at radius 2 is 1.79 bits per heavy atom. The van der Waals surface area contributed by atoms with E-state index in [1.807, 2.05) is 32.0 Å². The highest BCUT2D eigenvalue weighted by Gasteiger charge is 2.15. The molecule has 0 atom stereocenters. The molecule has 7 heteroatoms. The Bertz CT molecular complexity index is 1030. The van der Waals surface area contributed by atoms with Crippen LogP contribution in [0.15, 0.2) is 54.9 Å². The van der Waals surface area contributed by atoms with Gasteiger partial charge in [0.05, 0.1) is 30.3 Å². The Labute approximate surface area is 169 Å². The van der Waals surface area contributed by atoms with Crippen molar-refractivity contribution < 1.29 is 14.3 Å². The van der Waals surface area contributed by atoms with E-state index in [1.165, 1.54) is 23.5 Å². The molecular formula is C22H22N4O3. The molecule has 3 aromatic rings. The Morgan fingerprint density at radius 3 is 2.48 bits per heavy atom. The summed E-state index contributed by atoms with van der Waals surface area (Å²) in [6.07, 6.45) is 2.87. The summed E-state index contributed by atoms with van der Waals surface area (Å²) in [7, 11) is 0. The number of rotatable bonds is 6. The van der Waals surface area contributed by atoms with E-state index in [-0.39, 0.29) is 17.9 Å². The number of carbonyl (C=O) groups is 2. The summed E-state index contributed by atoms with van der Waals surface area (Å²) in [6, 6.07) is 12.6. The fourth-order valence-electron chi connectivity index (χ4n) is 2.64. The zero-order valence-electron chi connectivity index (χ0n) is 16.5. The minimum atomic E-state index is -0.498. The average molecular weight is 390 g/mol. The summed E-state index contributed by atoms with van der Waals surface area (Å²) in [6.45, 7) is 6.06. The van der Waals surface area contributed by atoms with Crippen LogP contribution in [0, 0.1) is 13.8 Å². The predicted molar refractivity (Wildman–Crippen MR) is 112 cm³/mol. The number of esters is 1.